The van der Waals surface area contributed by atoms with Crippen molar-refractivity contribution in [2.75, 3.05) is 6.54 Å². The summed E-state index contributed by atoms with van der Waals surface area (Å²) < 4.78 is 18.6. The van der Waals surface area contributed by atoms with E-state index in [0.29, 0.717) is 23.5 Å². The number of fused-ring (bicyclic) bond motifs is 5. The molecule has 0 bridgehead atoms. The Morgan fingerprint density at radius 1 is 1.09 bits per heavy atom. The van der Waals surface area contributed by atoms with E-state index in [1.165, 1.54) is 0 Å². The van der Waals surface area contributed by atoms with Gasteiger partial charge in [0, 0.05) is 27.5 Å². The van der Waals surface area contributed by atoms with Crippen molar-refractivity contribution in [1.29, 1.82) is 0 Å². The molecule has 0 saturated carbocycles. The Hall–Kier alpha value is -3.73. The zero-order valence-electron chi connectivity index (χ0n) is 26.9. The minimum absolute atomic E-state index is 0.100. The molecule has 1 unspecified atom stereocenters. The summed E-state index contributed by atoms with van der Waals surface area (Å²) in [7, 11) is 0. The normalized spacial score (nSPS) is 14.9. The lowest BCUT2D eigenvalue weighted by Gasteiger charge is -2.28. The molecule has 1 N–H and O–H groups in total. The summed E-state index contributed by atoms with van der Waals surface area (Å²) in [6.45, 7) is 17.1. The van der Waals surface area contributed by atoms with Crippen molar-refractivity contribution in [1.82, 2.24) is 14.9 Å². The first kappa shape index (κ1) is 34.8. The fourth-order valence-corrected chi connectivity index (χ4v) is 5.33. The van der Waals surface area contributed by atoms with Crippen molar-refractivity contribution in [3.05, 3.63) is 61.8 Å². The first-order chi connectivity index (χ1) is 20.7. The summed E-state index contributed by atoms with van der Waals surface area (Å²) in [5.74, 6) is -1.41. The summed E-state index contributed by atoms with van der Waals surface area (Å²) in [5, 5.41) is 3.59. The fourth-order valence-electron chi connectivity index (χ4n) is 4.86. The van der Waals surface area contributed by atoms with Crippen molar-refractivity contribution in [3.8, 4) is 11.4 Å². The van der Waals surface area contributed by atoms with Gasteiger partial charge in [-0.25, -0.2) is 14.6 Å². The number of aromatic nitrogens is 2. The van der Waals surface area contributed by atoms with Gasteiger partial charge in [-0.3, -0.25) is 9.59 Å². The largest absolute Gasteiger partial charge is 0.458 e. The van der Waals surface area contributed by atoms with Crippen LogP contribution < -0.4 is 10.9 Å². The van der Waals surface area contributed by atoms with Crippen molar-refractivity contribution < 1.29 is 28.6 Å². The van der Waals surface area contributed by atoms with Crippen LogP contribution >= 0.6 is 15.9 Å². The maximum Gasteiger partial charge on any atom is 0.407 e. The molecule has 10 nitrogen and oxygen atoms in total. The van der Waals surface area contributed by atoms with Gasteiger partial charge in [-0.2, -0.15) is 0 Å². The second-order valence-electron chi connectivity index (χ2n) is 11.8. The molecule has 2 aliphatic rings. The Morgan fingerprint density at radius 2 is 1.77 bits per heavy atom. The number of rotatable bonds is 5. The molecule has 2 aliphatic heterocycles. The van der Waals surface area contributed by atoms with Crippen LogP contribution in [0.4, 0.5) is 4.79 Å². The average Bonchev–Trinajstić information content (AvgIpc) is 3.32. The highest BCUT2D eigenvalue weighted by Crippen LogP contribution is 2.37. The Bertz CT molecular complexity index is 1620. The molecule has 1 aromatic carbocycles. The van der Waals surface area contributed by atoms with Gasteiger partial charge in [0.05, 0.1) is 35.4 Å². The average molecular weight is 673 g/mol. The van der Waals surface area contributed by atoms with Gasteiger partial charge in [-0.1, -0.05) is 63.5 Å². The van der Waals surface area contributed by atoms with Crippen molar-refractivity contribution >= 4 is 44.9 Å². The van der Waals surface area contributed by atoms with Crippen LogP contribution in [0.2, 0.25) is 0 Å². The third kappa shape index (κ3) is 7.67. The predicted molar refractivity (Wildman–Crippen MR) is 172 cm³/mol. The van der Waals surface area contributed by atoms with E-state index in [9.17, 15) is 19.2 Å². The molecule has 5 rings (SSSR count). The zero-order chi connectivity index (χ0) is 33.0. The summed E-state index contributed by atoms with van der Waals surface area (Å²) in [6.07, 6.45) is -2.08. The summed E-state index contributed by atoms with van der Waals surface area (Å²) >= 11 is 3.56. The highest BCUT2D eigenvalue weighted by molar-refractivity contribution is 9.10. The molecular weight excluding hydrogens is 630 g/mol. The number of pyridine rings is 2. The Morgan fingerprint density at radius 3 is 2.43 bits per heavy atom. The molecule has 1 atom stereocenters. The van der Waals surface area contributed by atoms with Gasteiger partial charge in [0.2, 0.25) is 6.10 Å². The van der Waals surface area contributed by atoms with Crippen molar-refractivity contribution in [2.45, 2.75) is 93.6 Å². The standard InChI is InChI=1S/C29H30BrN3O7.2C2H6/c1-28(2,3)40-27(37)31-14-29(4,5)11-22(34)39-24-16-10-21-23-15(9-17-19(30)7-6-8-20(17)32-23)12-33(21)25(35)18(16)13-38-26(24)36;2*1-2/h6-10,24H,11-14H2,1-5H3,(H,31,37);2*1-2H3. The van der Waals surface area contributed by atoms with E-state index in [1.54, 1.807) is 45.3 Å². The van der Waals surface area contributed by atoms with E-state index in [1.807, 2.05) is 52.0 Å². The number of nitrogens with one attached hydrogen (secondary N) is 1. The van der Waals surface area contributed by atoms with Gasteiger partial charge in [0.15, 0.2) is 0 Å². The highest BCUT2D eigenvalue weighted by atomic mass is 79.9. The van der Waals surface area contributed by atoms with E-state index < -0.39 is 35.2 Å². The number of cyclic esters (lactones) is 1. The van der Waals surface area contributed by atoms with Crippen LogP contribution in [0, 0.1) is 5.41 Å². The van der Waals surface area contributed by atoms with Crippen molar-refractivity contribution in [2.24, 2.45) is 5.41 Å². The molecular formula is C33H42BrN3O7. The van der Waals surface area contributed by atoms with Gasteiger partial charge in [-0.15, -0.1) is 0 Å². The SMILES string of the molecule is CC.CC.CC(C)(CNC(=O)OC(C)(C)C)CC(=O)OC1C(=O)OCc2c1cc1n(c2=O)Cc2cc3c(Br)cccc3nc2-1. The van der Waals surface area contributed by atoms with Crippen LogP contribution in [0.3, 0.4) is 0 Å². The van der Waals surface area contributed by atoms with Crippen LogP contribution in [0.25, 0.3) is 22.3 Å². The van der Waals surface area contributed by atoms with E-state index >= 15 is 0 Å². The minimum Gasteiger partial charge on any atom is -0.458 e. The summed E-state index contributed by atoms with van der Waals surface area (Å²) in [6, 6.07) is 9.41. The molecule has 44 heavy (non-hydrogen) atoms. The summed E-state index contributed by atoms with van der Waals surface area (Å²) in [5.41, 5.74) is 1.73. The smallest absolute Gasteiger partial charge is 0.407 e. The number of amides is 1. The maximum atomic E-state index is 13.5. The van der Waals surface area contributed by atoms with E-state index in [4.69, 9.17) is 19.2 Å². The van der Waals surface area contributed by atoms with Gasteiger partial charge < -0.3 is 24.1 Å². The number of halogens is 1. The third-order valence-electron chi connectivity index (χ3n) is 6.73. The van der Waals surface area contributed by atoms with E-state index in [0.717, 1.165) is 20.9 Å². The third-order valence-corrected chi connectivity index (χ3v) is 7.42. The predicted octanol–water partition coefficient (Wildman–Crippen LogP) is 6.82. The first-order valence-electron chi connectivity index (χ1n) is 14.9. The Balaban J connectivity index is 0.00000127. The van der Waals surface area contributed by atoms with Crippen molar-refractivity contribution in [3.63, 3.8) is 0 Å². The second kappa shape index (κ2) is 13.9. The molecule has 0 spiro atoms. The Labute approximate surface area is 266 Å². The summed E-state index contributed by atoms with van der Waals surface area (Å²) in [4.78, 5) is 56.1. The van der Waals surface area contributed by atoms with E-state index in [2.05, 4.69) is 21.2 Å². The quantitative estimate of drug-likeness (QED) is 0.181. The lowest BCUT2D eigenvalue weighted by molar-refractivity contribution is -0.172. The Kier molecular flexibility index (Phi) is 11.0. The number of nitrogens with zero attached hydrogens (tertiary/aromatic N) is 2. The lowest BCUT2D eigenvalue weighted by Crippen LogP contribution is -2.39. The molecule has 4 heterocycles. The monoisotopic (exact) mass is 671 g/mol. The maximum absolute atomic E-state index is 13.5. The molecule has 0 fully saturated rings. The number of benzene rings is 1. The van der Waals surface area contributed by atoms with Crippen LogP contribution in [0.5, 0.6) is 0 Å². The second-order valence-corrected chi connectivity index (χ2v) is 12.7. The molecule has 0 radical (unpaired) electrons. The molecule has 11 heteroatoms. The van der Waals surface area contributed by atoms with Gasteiger partial charge in [-0.05, 0) is 50.5 Å². The molecule has 0 aliphatic carbocycles. The van der Waals surface area contributed by atoms with Gasteiger partial charge >= 0.3 is 18.0 Å². The van der Waals surface area contributed by atoms with Gasteiger partial charge in [0.25, 0.3) is 5.56 Å². The number of alkyl carbamates (subject to hydrolysis) is 1. The molecule has 238 valence electrons. The van der Waals surface area contributed by atoms with E-state index in [-0.39, 0.29) is 30.7 Å². The minimum atomic E-state index is -1.39. The number of hydrogen-bond donors (Lipinski definition) is 1. The topological polar surface area (TPSA) is 126 Å². The van der Waals surface area contributed by atoms with Gasteiger partial charge in [0.1, 0.15) is 12.2 Å². The first-order valence-corrected chi connectivity index (χ1v) is 15.7. The zero-order valence-corrected chi connectivity index (χ0v) is 28.5. The number of carbonyl (C=O) groups is 3. The molecule has 3 aromatic rings. The molecule has 2 aromatic heterocycles. The van der Waals surface area contributed by atoms with Crippen LogP contribution in [0.1, 0.15) is 91.5 Å². The number of ether oxygens (including phenoxy) is 3. The van der Waals surface area contributed by atoms with Crippen LogP contribution in [0.15, 0.2) is 39.6 Å². The number of carbonyl (C=O) groups excluding carboxylic acids is 3. The molecule has 1 amide bonds. The number of hydrogen-bond acceptors (Lipinski definition) is 8. The number of esters is 2. The molecule has 0 saturated heterocycles. The van der Waals surface area contributed by atoms with Crippen LogP contribution in [-0.4, -0.2) is 39.7 Å². The van der Waals surface area contributed by atoms with Crippen LogP contribution in [-0.2, 0) is 37.0 Å². The highest BCUT2D eigenvalue weighted by Gasteiger charge is 2.38. The lowest BCUT2D eigenvalue weighted by atomic mass is 9.89. The fraction of sp³-hybridized carbons (Fsp3) is 0.485.